The van der Waals surface area contributed by atoms with Gasteiger partial charge in [-0.1, -0.05) is 18.2 Å². The number of fused-ring (bicyclic) bond motifs is 1. The third-order valence-corrected chi connectivity index (χ3v) is 5.30. The molecule has 3 aromatic carbocycles. The van der Waals surface area contributed by atoms with Crippen molar-refractivity contribution in [3.05, 3.63) is 89.5 Å². The van der Waals surface area contributed by atoms with E-state index in [2.05, 4.69) is 15.6 Å². The van der Waals surface area contributed by atoms with Gasteiger partial charge < -0.3 is 19.9 Å². The van der Waals surface area contributed by atoms with Gasteiger partial charge in [0.05, 0.1) is 23.7 Å². The molecule has 1 heterocycles. The summed E-state index contributed by atoms with van der Waals surface area (Å²) in [6, 6.07) is 18.1. The summed E-state index contributed by atoms with van der Waals surface area (Å²) in [5, 5.41) is 5.66. The molecule has 0 fully saturated rings. The number of carbonyl (C=O) groups excluding carboxylic acids is 2. The van der Waals surface area contributed by atoms with Gasteiger partial charge in [0.25, 0.3) is 11.8 Å². The average Bonchev–Trinajstić information content (AvgIpc) is 3.13. The van der Waals surface area contributed by atoms with E-state index in [0.29, 0.717) is 30.0 Å². The van der Waals surface area contributed by atoms with Crippen LogP contribution >= 0.6 is 0 Å². The van der Waals surface area contributed by atoms with Crippen molar-refractivity contribution in [1.29, 1.82) is 0 Å². The highest BCUT2D eigenvalue weighted by molar-refractivity contribution is 6.06. The van der Waals surface area contributed by atoms with Crippen LogP contribution in [-0.2, 0) is 13.5 Å². The number of benzene rings is 3. The first-order valence-electron chi connectivity index (χ1n) is 10.4. The van der Waals surface area contributed by atoms with E-state index in [-0.39, 0.29) is 17.4 Å². The van der Waals surface area contributed by atoms with Crippen molar-refractivity contribution in [1.82, 2.24) is 14.9 Å². The first-order valence-corrected chi connectivity index (χ1v) is 10.4. The number of nitrogens with zero attached hydrogens (tertiary/aromatic N) is 2. The Morgan fingerprint density at radius 2 is 1.85 bits per heavy atom. The fraction of sp³-hybridized carbons (Fsp3) is 0.160. The molecule has 4 aromatic rings. The number of imidazole rings is 1. The van der Waals surface area contributed by atoms with E-state index < -0.39 is 5.82 Å². The van der Waals surface area contributed by atoms with Gasteiger partial charge in [-0.3, -0.25) is 9.59 Å². The zero-order valence-corrected chi connectivity index (χ0v) is 18.3. The minimum Gasteiger partial charge on any atom is -0.496 e. The molecule has 4 rings (SSSR count). The Bertz CT molecular complexity index is 1330. The van der Waals surface area contributed by atoms with Crippen LogP contribution in [0.3, 0.4) is 0 Å². The van der Waals surface area contributed by atoms with Gasteiger partial charge in [0.15, 0.2) is 0 Å². The maximum absolute atomic E-state index is 13.3. The lowest BCUT2D eigenvalue weighted by molar-refractivity contribution is 0.0952. The quantitative estimate of drug-likeness (QED) is 0.450. The molecule has 0 unspecified atom stereocenters. The predicted molar refractivity (Wildman–Crippen MR) is 124 cm³/mol. The Morgan fingerprint density at radius 1 is 1.03 bits per heavy atom. The van der Waals surface area contributed by atoms with Gasteiger partial charge in [-0.15, -0.1) is 0 Å². The van der Waals surface area contributed by atoms with Gasteiger partial charge in [-0.05, 0) is 48.5 Å². The number of aromatic nitrogens is 2. The van der Waals surface area contributed by atoms with Crippen molar-refractivity contribution in [2.75, 3.05) is 19.0 Å². The molecular formula is C25H23FN4O3. The summed E-state index contributed by atoms with van der Waals surface area (Å²) in [5.41, 5.74) is 2.95. The second-order valence-corrected chi connectivity index (χ2v) is 7.46. The monoisotopic (exact) mass is 446 g/mol. The maximum Gasteiger partial charge on any atom is 0.259 e. The summed E-state index contributed by atoms with van der Waals surface area (Å²) < 4.78 is 20.5. The second-order valence-electron chi connectivity index (χ2n) is 7.46. The molecule has 0 saturated heterocycles. The zero-order valence-electron chi connectivity index (χ0n) is 18.3. The van der Waals surface area contributed by atoms with Gasteiger partial charge in [0.2, 0.25) is 0 Å². The molecule has 168 valence electrons. The molecule has 2 N–H and O–H groups in total. The van der Waals surface area contributed by atoms with Crippen LogP contribution in [0.4, 0.5) is 10.1 Å². The van der Waals surface area contributed by atoms with E-state index in [1.807, 2.05) is 23.7 Å². The van der Waals surface area contributed by atoms with Gasteiger partial charge in [-0.25, -0.2) is 9.37 Å². The number of aryl methyl sites for hydroxylation is 1. The molecule has 0 radical (unpaired) electrons. The highest BCUT2D eigenvalue weighted by atomic mass is 19.1. The van der Waals surface area contributed by atoms with Crippen molar-refractivity contribution in [3.8, 4) is 5.75 Å². The SMILES string of the molecule is COc1ccccc1C(=O)Nc1ccc2c(c1)nc(CCNC(=O)c1cccc(F)c1)n2C. The van der Waals surface area contributed by atoms with Gasteiger partial charge in [0.1, 0.15) is 17.4 Å². The summed E-state index contributed by atoms with van der Waals surface area (Å²) in [4.78, 5) is 29.5. The Balaban J connectivity index is 1.44. The molecular weight excluding hydrogens is 423 g/mol. The summed E-state index contributed by atoms with van der Waals surface area (Å²) in [7, 11) is 3.42. The highest BCUT2D eigenvalue weighted by Crippen LogP contribution is 2.22. The summed E-state index contributed by atoms with van der Waals surface area (Å²) in [6.07, 6.45) is 0.495. The van der Waals surface area contributed by atoms with Crippen molar-refractivity contribution in [2.45, 2.75) is 6.42 Å². The Labute approximate surface area is 190 Å². The minimum atomic E-state index is -0.452. The number of ether oxygens (including phenoxy) is 1. The van der Waals surface area contributed by atoms with Gasteiger partial charge >= 0.3 is 0 Å². The average molecular weight is 446 g/mol. The maximum atomic E-state index is 13.3. The fourth-order valence-corrected chi connectivity index (χ4v) is 3.60. The topological polar surface area (TPSA) is 85.2 Å². The van der Waals surface area contributed by atoms with E-state index in [0.717, 1.165) is 16.9 Å². The molecule has 2 amide bonds. The number of hydrogen-bond donors (Lipinski definition) is 2. The smallest absolute Gasteiger partial charge is 0.259 e. The van der Waals surface area contributed by atoms with Crippen LogP contribution in [0.2, 0.25) is 0 Å². The second kappa shape index (κ2) is 9.52. The van der Waals surface area contributed by atoms with Crippen LogP contribution in [0.25, 0.3) is 11.0 Å². The van der Waals surface area contributed by atoms with E-state index in [9.17, 15) is 14.0 Å². The Kier molecular flexibility index (Phi) is 6.35. The minimum absolute atomic E-state index is 0.274. The fourth-order valence-electron chi connectivity index (χ4n) is 3.60. The molecule has 0 aliphatic rings. The number of rotatable bonds is 7. The lowest BCUT2D eigenvalue weighted by Crippen LogP contribution is -2.26. The molecule has 0 bridgehead atoms. The molecule has 0 aliphatic carbocycles. The first kappa shape index (κ1) is 22.0. The molecule has 33 heavy (non-hydrogen) atoms. The number of carbonyl (C=O) groups is 2. The number of anilines is 1. The van der Waals surface area contributed by atoms with Crippen LogP contribution in [-0.4, -0.2) is 35.0 Å². The molecule has 0 atom stereocenters. The number of nitrogens with one attached hydrogen (secondary N) is 2. The van der Waals surface area contributed by atoms with Gasteiger partial charge in [-0.2, -0.15) is 0 Å². The van der Waals surface area contributed by atoms with Crippen LogP contribution in [0, 0.1) is 5.82 Å². The Hall–Kier alpha value is -4.20. The standard InChI is InChI=1S/C25H23FN4O3/c1-30-21-11-10-18(28-25(32)19-8-3-4-9-22(19)33-2)15-20(21)29-23(30)12-13-27-24(31)16-6-5-7-17(26)14-16/h3-11,14-15H,12-13H2,1-2H3,(H,27,31)(H,28,32). The van der Waals surface area contributed by atoms with Crippen molar-refractivity contribution in [3.63, 3.8) is 0 Å². The van der Waals surface area contributed by atoms with Gasteiger partial charge in [0, 0.05) is 31.3 Å². The summed E-state index contributed by atoms with van der Waals surface area (Å²) >= 11 is 0. The number of para-hydroxylation sites is 1. The van der Waals surface area contributed by atoms with Crippen LogP contribution in [0.5, 0.6) is 5.75 Å². The number of hydrogen-bond acceptors (Lipinski definition) is 4. The first-order chi connectivity index (χ1) is 16.0. The lowest BCUT2D eigenvalue weighted by atomic mass is 10.2. The molecule has 8 heteroatoms. The normalized spacial score (nSPS) is 10.8. The van der Waals surface area contributed by atoms with Crippen LogP contribution in [0.1, 0.15) is 26.5 Å². The van der Waals surface area contributed by atoms with Crippen molar-refractivity contribution >= 4 is 28.5 Å². The largest absolute Gasteiger partial charge is 0.496 e. The zero-order chi connectivity index (χ0) is 23.4. The number of amides is 2. The molecule has 0 saturated carbocycles. The highest BCUT2D eigenvalue weighted by Gasteiger charge is 2.14. The van der Waals surface area contributed by atoms with Crippen molar-refractivity contribution in [2.24, 2.45) is 7.05 Å². The predicted octanol–water partition coefficient (Wildman–Crippen LogP) is 3.95. The van der Waals surface area contributed by atoms with E-state index >= 15 is 0 Å². The number of methoxy groups -OCH3 is 1. The molecule has 0 aliphatic heterocycles. The van der Waals surface area contributed by atoms with Crippen molar-refractivity contribution < 1.29 is 18.7 Å². The third-order valence-electron chi connectivity index (χ3n) is 5.30. The molecule has 1 aromatic heterocycles. The van der Waals surface area contributed by atoms with Crippen LogP contribution < -0.4 is 15.4 Å². The van der Waals surface area contributed by atoms with Crippen LogP contribution in [0.15, 0.2) is 66.7 Å². The molecule has 0 spiro atoms. The van der Waals surface area contributed by atoms with E-state index in [1.165, 1.54) is 25.3 Å². The van der Waals surface area contributed by atoms with E-state index in [4.69, 9.17) is 4.74 Å². The summed E-state index contributed by atoms with van der Waals surface area (Å²) in [6.45, 7) is 0.351. The number of halogens is 1. The Morgan fingerprint density at radius 3 is 2.64 bits per heavy atom. The lowest BCUT2D eigenvalue weighted by Gasteiger charge is -2.09. The van der Waals surface area contributed by atoms with E-state index in [1.54, 1.807) is 36.4 Å². The summed E-state index contributed by atoms with van der Waals surface area (Å²) in [5.74, 6) is 0.207. The molecule has 7 nitrogen and oxygen atoms in total. The third kappa shape index (κ3) is 4.85.